The summed E-state index contributed by atoms with van der Waals surface area (Å²) in [6.07, 6.45) is 5.53. The Morgan fingerprint density at radius 2 is 2.12 bits per heavy atom. The molecule has 4 rings (SSSR count). The Balaban J connectivity index is 1.55. The molecule has 6 heteroatoms. The van der Waals surface area contributed by atoms with E-state index in [2.05, 4.69) is 14.9 Å². The van der Waals surface area contributed by atoms with Gasteiger partial charge in [-0.05, 0) is 43.7 Å². The lowest BCUT2D eigenvalue weighted by atomic mass is 10.1. The second-order valence-corrected chi connectivity index (χ2v) is 6.38. The molecule has 0 saturated carbocycles. The van der Waals surface area contributed by atoms with Gasteiger partial charge in [0.2, 0.25) is 0 Å². The first kappa shape index (κ1) is 16.5. The monoisotopic (exact) mass is 349 g/mol. The normalized spacial score (nSPS) is 17.5. The molecular weight excluding hydrogens is 330 g/mol. The number of furan rings is 1. The molecule has 0 unspecified atom stereocenters. The van der Waals surface area contributed by atoms with E-state index in [4.69, 9.17) is 4.42 Å². The smallest absolute Gasteiger partial charge is 0.336 e. The highest BCUT2D eigenvalue weighted by Crippen LogP contribution is 2.33. The van der Waals surface area contributed by atoms with Gasteiger partial charge in [-0.25, -0.2) is 14.8 Å². The number of rotatable bonds is 5. The van der Waals surface area contributed by atoms with Crippen LogP contribution in [0.5, 0.6) is 0 Å². The minimum absolute atomic E-state index is 0.244. The zero-order chi connectivity index (χ0) is 17.9. The van der Waals surface area contributed by atoms with Gasteiger partial charge in [0.1, 0.15) is 17.8 Å². The van der Waals surface area contributed by atoms with Crippen LogP contribution in [0, 0.1) is 0 Å². The number of likely N-dealkylation sites (tertiary alicyclic amines) is 1. The Hall–Kier alpha value is -2.99. The Bertz CT molecular complexity index is 907. The van der Waals surface area contributed by atoms with Gasteiger partial charge in [-0.2, -0.15) is 0 Å². The third kappa shape index (κ3) is 3.23. The number of hydrogen-bond acceptors (Lipinski definition) is 5. The number of carboxylic acids is 1. The third-order valence-corrected chi connectivity index (χ3v) is 4.75. The van der Waals surface area contributed by atoms with Crippen molar-refractivity contribution in [3.05, 3.63) is 72.0 Å². The molecule has 26 heavy (non-hydrogen) atoms. The molecule has 0 amide bonds. The molecular formula is C20H19N3O3. The van der Waals surface area contributed by atoms with Gasteiger partial charge in [0.05, 0.1) is 23.8 Å². The molecule has 0 radical (unpaired) electrons. The lowest BCUT2D eigenvalue weighted by molar-refractivity contribution is 0.0697. The average molecular weight is 349 g/mol. The number of aromatic carboxylic acids is 1. The summed E-state index contributed by atoms with van der Waals surface area (Å²) in [4.78, 5) is 22.1. The molecule has 1 aromatic carbocycles. The van der Waals surface area contributed by atoms with Crippen LogP contribution < -0.4 is 0 Å². The lowest BCUT2D eigenvalue weighted by Crippen LogP contribution is -2.23. The zero-order valence-electron chi connectivity index (χ0n) is 14.2. The summed E-state index contributed by atoms with van der Waals surface area (Å²) in [5.74, 6) is 0.443. The summed E-state index contributed by atoms with van der Waals surface area (Å²) in [6, 6.07) is 12.9. The summed E-state index contributed by atoms with van der Waals surface area (Å²) < 4.78 is 5.97. The second-order valence-electron chi connectivity index (χ2n) is 6.38. The van der Waals surface area contributed by atoms with Crippen LogP contribution in [0.25, 0.3) is 11.3 Å². The maximum absolute atomic E-state index is 11.4. The number of hydrogen-bond donors (Lipinski definition) is 1. The van der Waals surface area contributed by atoms with E-state index < -0.39 is 5.97 Å². The summed E-state index contributed by atoms with van der Waals surface area (Å²) >= 11 is 0. The van der Waals surface area contributed by atoms with Crippen molar-refractivity contribution in [3.63, 3.8) is 0 Å². The van der Waals surface area contributed by atoms with E-state index in [1.807, 2.05) is 24.3 Å². The predicted octanol–water partition coefficient (Wildman–Crippen LogP) is 3.77. The third-order valence-electron chi connectivity index (χ3n) is 4.75. The van der Waals surface area contributed by atoms with E-state index >= 15 is 0 Å². The van der Waals surface area contributed by atoms with Crippen LogP contribution in [-0.2, 0) is 6.54 Å². The predicted molar refractivity (Wildman–Crippen MR) is 95.5 cm³/mol. The van der Waals surface area contributed by atoms with E-state index in [0.717, 1.165) is 30.8 Å². The van der Waals surface area contributed by atoms with Crippen LogP contribution in [0.15, 0.2) is 59.4 Å². The quantitative estimate of drug-likeness (QED) is 0.755. The van der Waals surface area contributed by atoms with Gasteiger partial charge < -0.3 is 9.52 Å². The van der Waals surface area contributed by atoms with Gasteiger partial charge in [0.25, 0.3) is 0 Å². The summed E-state index contributed by atoms with van der Waals surface area (Å²) in [7, 11) is 0. The van der Waals surface area contributed by atoms with Crippen LogP contribution in [0.2, 0.25) is 0 Å². The van der Waals surface area contributed by atoms with Gasteiger partial charge in [-0.15, -0.1) is 0 Å². The molecule has 1 aliphatic rings. The molecule has 1 fully saturated rings. The Morgan fingerprint density at radius 1 is 1.23 bits per heavy atom. The maximum Gasteiger partial charge on any atom is 0.336 e. The fourth-order valence-electron chi connectivity index (χ4n) is 3.54. The minimum atomic E-state index is -0.957. The van der Waals surface area contributed by atoms with Gasteiger partial charge in [0, 0.05) is 11.8 Å². The fraction of sp³-hybridized carbons (Fsp3) is 0.250. The number of nitrogens with zero attached hydrogens (tertiary/aromatic N) is 3. The standard InChI is InChI=1S/C20H19N3O3/c24-20(25)16-5-2-1-4-15(16)19-8-7-14(26-19)12-23-11-3-6-18(23)17-9-10-21-13-22-17/h1-2,4-5,7-10,13,18H,3,6,11-12H2,(H,24,25)/t18-/m0/s1. The molecule has 2 aromatic heterocycles. The molecule has 0 aliphatic carbocycles. The van der Waals surface area contributed by atoms with Crippen molar-refractivity contribution < 1.29 is 14.3 Å². The molecule has 0 spiro atoms. The summed E-state index contributed by atoms with van der Waals surface area (Å²) in [6.45, 7) is 1.65. The molecule has 6 nitrogen and oxygen atoms in total. The zero-order valence-corrected chi connectivity index (χ0v) is 14.2. The average Bonchev–Trinajstić information content (AvgIpc) is 3.32. The van der Waals surface area contributed by atoms with Crippen molar-refractivity contribution in [2.75, 3.05) is 6.54 Å². The molecule has 1 atom stereocenters. The van der Waals surface area contributed by atoms with Crippen molar-refractivity contribution in [1.82, 2.24) is 14.9 Å². The molecule has 3 heterocycles. The van der Waals surface area contributed by atoms with Crippen LogP contribution in [0.3, 0.4) is 0 Å². The SMILES string of the molecule is O=C(O)c1ccccc1-c1ccc(CN2CCC[C@H]2c2ccncn2)o1. The Labute approximate surface area is 151 Å². The van der Waals surface area contributed by atoms with E-state index in [1.54, 1.807) is 30.7 Å². The highest BCUT2D eigenvalue weighted by molar-refractivity contribution is 5.95. The maximum atomic E-state index is 11.4. The van der Waals surface area contributed by atoms with Crippen molar-refractivity contribution in [2.45, 2.75) is 25.4 Å². The number of benzene rings is 1. The van der Waals surface area contributed by atoms with Gasteiger partial charge in [-0.3, -0.25) is 4.90 Å². The van der Waals surface area contributed by atoms with Gasteiger partial charge >= 0.3 is 5.97 Å². The number of carboxylic acid groups (broad SMARTS) is 1. The van der Waals surface area contributed by atoms with Gasteiger partial charge in [0.15, 0.2) is 0 Å². The topological polar surface area (TPSA) is 79.5 Å². The van der Waals surface area contributed by atoms with Crippen LogP contribution in [0.1, 0.15) is 40.7 Å². The number of carbonyl (C=O) groups is 1. The van der Waals surface area contributed by atoms with E-state index in [1.165, 1.54) is 0 Å². The first-order valence-electron chi connectivity index (χ1n) is 8.64. The Morgan fingerprint density at radius 3 is 2.92 bits per heavy atom. The minimum Gasteiger partial charge on any atom is -0.478 e. The van der Waals surface area contributed by atoms with E-state index in [-0.39, 0.29) is 11.6 Å². The molecule has 0 bridgehead atoms. The second kappa shape index (κ2) is 7.09. The molecule has 1 N–H and O–H groups in total. The molecule has 132 valence electrons. The summed E-state index contributed by atoms with van der Waals surface area (Å²) in [5.41, 5.74) is 1.87. The first-order chi connectivity index (χ1) is 12.7. The highest BCUT2D eigenvalue weighted by Gasteiger charge is 2.28. The summed E-state index contributed by atoms with van der Waals surface area (Å²) in [5, 5.41) is 9.36. The van der Waals surface area contributed by atoms with Crippen molar-refractivity contribution in [2.24, 2.45) is 0 Å². The van der Waals surface area contributed by atoms with Crippen molar-refractivity contribution in [1.29, 1.82) is 0 Å². The lowest BCUT2D eigenvalue weighted by Gasteiger charge is -2.22. The largest absolute Gasteiger partial charge is 0.478 e. The van der Waals surface area contributed by atoms with Crippen LogP contribution >= 0.6 is 0 Å². The first-order valence-corrected chi connectivity index (χ1v) is 8.64. The number of aromatic nitrogens is 2. The van der Waals surface area contributed by atoms with Crippen molar-refractivity contribution in [3.8, 4) is 11.3 Å². The van der Waals surface area contributed by atoms with E-state index in [9.17, 15) is 9.90 Å². The van der Waals surface area contributed by atoms with Gasteiger partial charge in [-0.1, -0.05) is 18.2 Å². The van der Waals surface area contributed by atoms with Crippen molar-refractivity contribution >= 4 is 5.97 Å². The molecule has 1 aliphatic heterocycles. The van der Waals surface area contributed by atoms with Crippen LogP contribution in [0.4, 0.5) is 0 Å². The Kier molecular flexibility index (Phi) is 4.50. The van der Waals surface area contributed by atoms with E-state index in [0.29, 0.717) is 17.9 Å². The van der Waals surface area contributed by atoms with Crippen LogP contribution in [-0.4, -0.2) is 32.5 Å². The fourth-order valence-corrected chi connectivity index (χ4v) is 3.54. The highest BCUT2D eigenvalue weighted by atomic mass is 16.4. The molecule has 3 aromatic rings. The molecule has 1 saturated heterocycles.